The summed E-state index contributed by atoms with van der Waals surface area (Å²) in [5.41, 5.74) is 0. The molecule has 1 N–H and O–H groups in total. The van der Waals surface area contributed by atoms with Crippen LogP contribution in [0.25, 0.3) is 10.8 Å². The fourth-order valence-electron chi connectivity index (χ4n) is 2.87. The molecule has 1 saturated heterocycles. The first-order valence-electron chi connectivity index (χ1n) is 7.65. The van der Waals surface area contributed by atoms with Crippen molar-refractivity contribution in [3.8, 4) is 0 Å². The van der Waals surface area contributed by atoms with E-state index in [1.165, 1.54) is 0 Å². The van der Waals surface area contributed by atoms with Crippen LogP contribution in [0.3, 0.4) is 0 Å². The van der Waals surface area contributed by atoms with E-state index in [0.717, 1.165) is 30.2 Å². The van der Waals surface area contributed by atoms with Crippen LogP contribution in [-0.2, 0) is 10.0 Å². The van der Waals surface area contributed by atoms with E-state index < -0.39 is 10.0 Å². The molecule has 0 radical (unpaired) electrons. The molecule has 1 fully saturated rings. The van der Waals surface area contributed by atoms with Crippen LogP contribution in [0.4, 0.5) is 0 Å². The van der Waals surface area contributed by atoms with Crippen molar-refractivity contribution in [1.82, 2.24) is 14.6 Å². The van der Waals surface area contributed by atoms with E-state index in [4.69, 9.17) is 0 Å². The smallest absolute Gasteiger partial charge is 0.243 e. The van der Waals surface area contributed by atoms with Gasteiger partial charge in [0, 0.05) is 36.9 Å². The molecule has 1 aromatic heterocycles. The van der Waals surface area contributed by atoms with Crippen LogP contribution in [0.15, 0.2) is 41.6 Å². The lowest BCUT2D eigenvalue weighted by Crippen LogP contribution is -2.46. The number of aromatic nitrogens is 1. The summed E-state index contributed by atoms with van der Waals surface area (Å²) < 4.78 is 27.6. The van der Waals surface area contributed by atoms with Gasteiger partial charge in [0.15, 0.2) is 0 Å². The average Bonchev–Trinajstić information content (AvgIpc) is 2.50. The fourth-order valence-corrected chi connectivity index (χ4v) is 4.57. The van der Waals surface area contributed by atoms with Crippen LogP contribution in [0.5, 0.6) is 0 Å². The predicted molar refractivity (Wildman–Crippen MR) is 94.4 cm³/mol. The Morgan fingerprint density at radius 3 is 2.87 bits per heavy atom. The summed E-state index contributed by atoms with van der Waals surface area (Å²) in [6, 6.07) is 7.04. The number of pyridine rings is 1. The SMILES string of the molecule is CC1CNCCCCN1S(=O)(=O)c1ccc2cnccc2c1.Cl. The number of hydrogen-bond donors (Lipinski definition) is 1. The normalized spacial score (nSPS) is 20.5. The average molecular weight is 356 g/mol. The molecular weight excluding hydrogens is 334 g/mol. The first-order valence-corrected chi connectivity index (χ1v) is 9.09. The number of fused-ring (bicyclic) bond motifs is 1. The van der Waals surface area contributed by atoms with Gasteiger partial charge < -0.3 is 5.32 Å². The minimum Gasteiger partial charge on any atom is -0.315 e. The highest BCUT2D eigenvalue weighted by molar-refractivity contribution is 7.89. The number of nitrogens with one attached hydrogen (secondary N) is 1. The van der Waals surface area contributed by atoms with Crippen LogP contribution in [0.1, 0.15) is 19.8 Å². The van der Waals surface area contributed by atoms with Crippen molar-refractivity contribution in [3.05, 3.63) is 36.7 Å². The largest absolute Gasteiger partial charge is 0.315 e. The third-order valence-corrected chi connectivity index (χ3v) is 6.14. The Morgan fingerprint density at radius 2 is 2.04 bits per heavy atom. The standard InChI is InChI=1S/C16H21N3O2S.ClH/c1-13-11-17-7-2-3-9-19(13)22(20,21)16-5-4-15-12-18-8-6-14(15)10-16;/h4-6,8,10,12-13,17H,2-3,7,9,11H2,1H3;1H. The van der Waals surface area contributed by atoms with E-state index in [1.54, 1.807) is 28.8 Å². The topological polar surface area (TPSA) is 62.3 Å². The van der Waals surface area contributed by atoms with E-state index >= 15 is 0 Å². The second-order valence-corrected chi connectivity index (χ2v) is 7.65. The predicted octanol–water partition coefficient (Wildman–Crippen LogP) is 2.42. The van der Waals surface area contributed by atoms with Crippen LogP contribution in [0, 0.1) is 0 Å². The summed E-state index contributed by atoms with van der Waals surface area (Å²) >= 11 is 0. The van der Waals surface area contributed by atoms with E-state index in [9.17, 15) is 8.42 Å². The second-order valence-electron chi connectivity index (χ2n) is 5.76. The highest BCUT2D eigenvalue weighted by Gasteiger charge is 2.29. The van der Waals surface area contributed by atoms with Crippen molar-refractivity contribution in [2.75, 3.05) is 19.6 Å². The first kappa shape index (κ1) is 18.1. The molecule has 5 nitrogen and oxygen atoms in total. The van der Waals surface area contributed by atoms with Gasteiger partial charge in [-0.3, -0.25) is 4.98 Å². The molecule has 3 rings (SSSR count). The van der Waals surface area contributed by atoms with E-state index in [1.807, 2.05) is 19.1 Å². The molecule has 2 heterocycles. The van der Waals surface area contributed by atoms with Gasteiger partial charge >= 0.3 is 0 Å². The van der Waals surface area contributed by atoms with Crippen molar-refractivity contribution in [2.45, 2.75) is 30.7 Å². The van der Waals surface area contributed by atoms with Crippen molar-refractivity contribution in [2.24, 2.45) is 0 Å². The van der Waals surface area contributed by atoms with E-state index in [2.05, 4.69) is 10.3 Å². The van der Waals surface area contributed by atoms with Gasteiger partial charge in [-0.25, -0.2) is 8.42 Å². The molecule has 0 aliphatic carbocycles. The lowest BCUT2D eigenvalue weighted by molar-refractivity contribution is 0.301. The molecular formula is C16H22ClN3O2S. The molecule has 0 bridgehead atoms. The summed E-state index contributed by atoms with van der Waals surface area (Å²) in [6.45, 7) is 4.19. The Labute approximate surface area is 143 Å². The van der Waals surface area contributed by atoms with Gasteiger partial charge in [0.1, 0.15) is 0 Å². The summed E-state index contributed by atoms with van der Waals surface area (Å²) in [7, 11) is -3.47. The zero-order chi connectivity index (χ0) is 15.6. The molecule has 0 saturated carbocycles. The maximum atomic E-state index is 13.0. The Kier molecular flexibility index (Phi) is 5.97. The second kappa shape index (κ2) is 7.57. The van der Waals surface area contributed by atoms with Gasteiger partial charge in [0.05, 0.1) is 4.90 Å². The molecule has 0 spiro atoms. The van der Waals surface area contributed by atoms with Crippen LogP contribution in [0.2, 0.25) is 0 Å². The molecule has 1 aromatic carbocycles. The van der Waals surface area contributed by atoms with Crippen LogP contribution >= 0.6 is 12.4 Å². The van der Waals surface area contributed by atoms with Crippen molar-refractivity contribution < 1.29 is 8.42 Å². The third-order valence-electron chi connectivity index (χ3n) is 4.13. The van der Waals surface area contributed by atoms with E-state index in [-0.39, 0.29) is 18.4 Å². The monoisotopic (exact) mass is 355 g/mol. The summed E-state index contributed by atoms with van der Waals surface area (Å²) in [5, 5.41) is 5.15. The van der Waals surface area contributed by atoms with Gasteiger partial charge in [0.2, 0.25) is 10.0 Å². The molecule has 126 valence electrons. The molecule has 1 atom stereocenters. The van der Waals surface area contributed by atoms with Gasteiger partial charge in [-0.05, 0) is 49.9 Å². The van der Waals surface area contributed by atoms with Gasteiger partial charge in [-0.15, -0.1) is 12.4 Å². The molecule has 1 aliphatic heterocycles. The number of sulfonamides is 1. The third kappa shape index (κ3) is 3.83. The van der Waals surface area contributed by atoms with Crippen molar-refractivity contribution in [1.29, 1.82) is 0 Å². The number of halogens is 1. The van der Waals surface area contributed by atoms with Crippen molar-refractivity contribution >= 4 is 33.2 Å². The molecule has 0 amide bonds. The molecule has 2 aromatic rings. The minimum absolute atomic E-state index is 0. The molecule has 23 heavy (non-hydrogen) atoms. The van der Waals surface area contributed by atoms with Gasteiger partial charge in [-0.2, -0.15) is 4.31 Å². The number of nitrogens with zero attached hydrogens (tertiary/aromatic N) is 2. The number of rotatable bonds is 2. The van der Waals surface area contributed by atoms with Crippen LogP contribution < -0.4 is 5.32 Å². The lowest BCUT2D eigenvalue weighted by Gasteiger charge is -2.30. The van der Waals surface area contributed by atoms with Crippen LogP contribution in [-0.4, -0.2) is 43.4 Å². The highest BCUT2D eigenvalue weighted by atomic mass is 35.5. The van der Waals surface area contributed by atoms with E-state index in [0.29, 0.717) is 18.0 Å². The maximum absolute atomic E-state index is 13.0. The zero-order valence-corrected chi connectivity index (χ0v) is 14.7. The summed E-state index contributed by atoms with van der Waals surface area (Å²) in [5.74, 6) is 0. The Morgan fingerprint density at radius 1 is 1.22 bits per heavy atom. The summed E-state index contributed by atoms with van der Waals surface area (Å²) in [6.07, 6.45) is 5.31. The zero-order valence-electron chi connectivity index (χ0n) is 13.1. The summed E-state index contributed by atoms with van der Waals surface area (Å²) in [4.78, 5) is 4.42. The number of hydrogen-bond acceptors (Lipinski definition) is 4. The molecule has 1 aliphatic rings. The Balaban J connectivity index is 0.00000192. The fraction of sp³-hybridized carbons (Fsp3) is 0.438. The maximum Gasteiger partial charge on any atom is 0.243 e. The Hall–Kier alpha value is -1.21. The molecule has 7 heteroatoms. The quantitative estimate of drug-likeness (QED) is 0.898. The minimum atomic E-state index is -3.47. The van der Waals surface area contributed by atoms with Crippen molar-refractivity contribution in [3.63, 3.8) is 0 Å². The molecule has 1 unspecified atom stereocenters. The lowest BCUT2D eigenvalue weighted by atomic mass is 10.2. The van der Waals surface area contributed by atoms with Gasteiger partial charge in [0.25, 0.3) is 0 Å². The number of benzene rings is 1. The van der Waals surface area contributed by atoms with Gasteiger partial charge in [-0.1, -0.05) is 6.07 Å². The Bertz CT molecular complexity index is 767. The highest BCUT2D eigenvalue weighted by Crippen LogP contribution is 2.23. The first-order chi connectivity index (χ1) is 10.6.